The highest BCUT2D eigenvalue weighted by atomic mass is 19.1. The molecule has 1 fully saturated rings. The molecule has 2 aromatic carbocycles. The van der Waals surface area contributed by atoms with Gasteiger partial charge in [0.15, 0.2) is 0 Å². The highest BCUT2D eigenvalue weighted by molar-refractivity contribution is 5.57. The summed E-state index contributed by atoms with van der Waals surface area (Å²) in [7, 11) is 0. The Kier molecular flexibility index (Phi) is 5.29. The Morgan fingerprint density at radius 2 is 2.00 bits per heavy atom. The quantitative estimate of drug-likeness (QED) is 0.841. The molecule has 0 aromatic heterocycles. The first-order valence-electron chi connectivity index (χ1n) is 8.01. The van der Waals surface area contributed by atoms with Gasteiger partial charge in [0.05, 0.1) is 6.57 Å². The van der Waals surface area contributed by atoms with Gasteiger partial charge in [-0.15, -0.1) is 0 Å². The van der Waals surface area contributed by atoms with E-state index in [1.165, 1.54) is 18.2 Å². The summed E-state index contributed by atoms with van der Waals surface area (Å²) in [4.78, 5) is 3.29. The summed E-state index contributed by atoms with van der Waals surface area (Å²) < 4.78 is 24.8. The minimum Gasteiger partial charge on any atom is -0.500 e. The Balaban J connectivity index is 1.63. The third kappa shape index (κ3) is 4.24. The predicted molar refractivity (Wildman–Crippen MR) is 90.0 cm³/mol. The number of nitrogens with one attached hydrogen (secondary N) is 1. The second kappa shape index (κ2) is 7.80. The van der Waals surface area contributed by atoms with E-state index in [2.05, 4.69) is 10.2 Å². The van der Waals surface area contributed by atoms with E-state index >= 15 is 0 Å². The average Bonchev–Trinajstić information content (AvgIpc) is 2.62. The number of piperidine rings is 1. The van der Waals surface area contributed by atoms with Gasteiger partial charge in [-0.05, 0) is 61.8 Å². The molecule has 24 heavy (non-hydrogen) atoms. The van der Waals surface area contributed by atoms with Crippen LogP contribution in [-0.4, -0.2) is 19.2 Å². The molecule has 4 nitrogen and oxygen atoms in total. The molecule has 0 amide bonds. The molecule has 5 heteroatoms. The van der Waals surface area contributed by atoms with Crippen LogP contribution >= 0.6 is 0 Å². The number of hydrogen-bond acceptors (Lipinski definition) is 3. The lowest BCUT2D eigenvalue weighted by atomic mass is 10.1. The molecule has 0 aliphatic carbocycles. The number of ether oxygens (including phenoxy) is 2. The highest BCUT2D eigenvalue weighted by Gasteiger charge is 2.14. The van der Waals surface area contributed by atoms with E-state index in [1.54, 1.807) is 0 Å². The molecular formula is C19H19FN2O2. The molecule has 124 valence electrons. The fraction of sp³-hybridized carbons (Fsp3) is 0.316. The molecule has 0 radical (unpaired) electrons. The van der Waals surface area contributed by atoms with Crippen LogP contribution < -0.4 is 14.8 Å². The number of hydrogen-bond donors (Lipinski definition) is 1. The minimum atomic E-state index is -0.439. The Morgan fingerprint density at radius 1 is 1.17 bits per heavy atom. The van der Waals surface area contributed by atoms with Gasteiger partial charge in [0.2, 0.25) is 5.69 Å². The van der Waals surface area contributed by atoms with Crippen LogP contribution in [0.2, 0.25) is 0 Å². The van der Waals surface area contributed by atoms with Crippen LogP contribution in [0, 0.1) is 12.4 Å². The van der Waals surface area contributed by atoms with Crippen molar-refractivity contribution in [3.8, 4) is 11.5 Å². The summed E-state index contributed by atoms with van der Waals surface area (Å²) in [5, 5.41) is 3.31. The maximum Gasteiger partial charge on any atom is 0.231 e. The fourth-order valence-corrected chi connectivity index (χ4v) is 2.68. The molecule has 0 unspecified atom stereocenters. The zero-order chi connectivity index (χ0) is 16.8. The van der Waals surface area contributed by atoms with Crippen molar-refractivity contribution in [2.45, 2.75) is 25.6 Å². The van der Waals surface area contributed by atoms with Crippen molar-refractivity contribution in [1.82, 2.24) is 5.32 Å². The Hall–Kier alpha value is -2.58. The summed E-state index contributed by atoms with van der Waals surface area (Å²) in [5.41, 5.74) is 1.12. The number of rotatable bonds is 5. The fourth-order valence-electron chi connectivity index (χ4n) is 2.68. The Bertz CT molecular complexity index is 736. The van der Waals surface area contributed by atoms with Crippen LogP contribution in [0.25, 0.3) is 4.85 Å². The summed E-state index contributed by atoms with van der Waals surface area (Å²) in [6.45, 7) is 9.37. The van der Waals surface area contributed by atoms with E-state index in [0.29, 0.717) is 12.4 Å². The van der Waals surface area contributed by atoms with Gasteiger partial charge in [-0.1, -0.05) is 12.1 Å². The molecule has 0 spiro atoms. The van der Waals surface area contributed by atoms with Crippen LogP contribution in [0.5, 0.6) is 11.5 Å². The number of nitrogens with zero attached hydrogens (tertiary/aromatic N) is 1. The van der Waals surface area contributed by atoms with Crippen LogP contribution in [0.4, 0.5) is 10.1 Å². The van der Waals surface area contributed by atoms with Gasteiger partial charge in [0.1, 0.15) is 30.0 Å². The van der Waals surface area contributed by atoms with Gasteiger partial charge in [0, 0.05) is 0 Å². The standard InChI is InChI=1S/C19H19FN2O2/c1-21-18-12-15(20)5-6-19(18)23-13-14-3-2-4-17(11-14)24-16-7-9-22-10-8-16/h2-6,11-12,16,22H,7-10,13H2. The molecule has 1 aliphatic heterocycles. The first-order valence-corrected chi connectivity index (χ1v) is 8.01. The summed E-state index contributed by atoms with van der Waals surface area (Å²) in [6.07, 6.45) is 2.25. The van der Waals surface area contributed by atoms with Crippen LogP contribution in [0.15, 0.2) is 42.5 Å². The largest absolute Gasteiger partial charge is 0.500 e. The zero-order valence-electron chi connectivity index (χ0n) is 13.3. The van der Waals surface area contributed by atoms with E-state index in [9.17, 15) is 4.39 Å². The maximum atomic E-state index is 13.2. The van der Waals surface area contributed by atoms with Crippen molar-refractivity contribution in [2.24, 2.45) is 0 Å². The first kappa shape index (κ1) is 16.3. The molecule has 3 rings (SSSR count). The minimum absolute atomic E-state index is 0.178. The number of benzene rings is 2. The molecule has 1 aliphatic rings. The zero-order valence-corrected chi connectivity index (χ0v) is 13.3. The smallest absolute Gasteiger partial charge is 0.231 e. The molecule has 0 atom stereocenters. The second-order valence-electron chi connectivity index (χ2n) is 5.73. The van der Waals surface area contributed by atoms with E-state index < -0.39 is 5.82 Å². The monoisotopic (exact) mass is 326 g/mol. The van der Waals surface area contributed by atoms with Crippen molar-refractivity contribution in [3.63, 3.8) is 0 Å². The van der Waals surface area contributed by atoms with Gasteiger partial charge in [-0.25, -0.2) is 9.24 Å². The SMILES string of the molecule is [C-]#[N+]c1cc(F)ccc1OCc1cccc(OC2CCNCC2)c1. The van der Waals surface area contributed by atoms with Crippen molar-refractivity contribution >= 4 is 5.69 Å². The van der Waals surface area contributed by atoms with Gasteiger partial charge in [0.25, 0.3) is 0 Å². The van der Waals surface area contributed by atoms with E-state index in [1.807, 2.05) is 24.3 Å². The Morgan fingerprint density at radius 3 is 2.79 bits per heavy atom. The lowest BCUT2D eigenvalue weighted by molar-refractivity contribution is 0.162. The third-order valence-electron chi connectivity index (χ3n) is 3.92. The summed E-state index contributed by atoms with van der Waals surface area (Å²) >= 11 is 0. The molecule has 0 bridgehead atoms. The van der Waals surface area contributed by atoms with Crippen molar-refractivity contribution < 1.29 is 13.9 Å². The first-order chi connectivity index (χ1) is 11.7. The molecular weight excluding hydrogens is 307 g/mol. The van der Waals surface area contributed by atoms with E-state index in [-0.39, 0.29) is 11.8 Å². The van der Waals surface area contributed by atoms with Crippen LogP contribution in [-0.2, 0) is 6.61 Å². The third-order valence-corrected chi connectivity index (χ3v) is 3.92. The predicted octanol–water partition coefficient (Wildman–Crippen LogP) is 4.09. The van der Waals surface area contributed by atoms with Gasteiger partial charge < -0.3 is 14.8 Å². The lowest BCUT2D eigenvalue weighted by Gasteiger charge is -2.24. The topological polar surface area (TPSA) is 34.9 Å². The molecule has 1 heterocycles. The van der Waals surface area contributed by atoms with Crippen LogP contribution in [0.1, 0.15) is 18.4 Å². The summed E-state index contributed by atoms with van der Waals surface area (Å²) in [5.74, 6) is 0.773. The van der Waals surface area contributed by atoms with Crippen molar-refractivity contribution in [1.29, 1.82) is 0 Å². The van der Waals surface area contributed by atoms with Gasteiger partial charge >= 0.3 is 0 Å². The molecule has 0 saturated carbocycles. The number of halogens is 1. The van der Waals surface area contributed by atoms with E-state index in [4.69, 9.17) is 16.0 Å². The molecule has 2 aromatic rings. The molecule has 1 N–H and O–H groups in total. The normalized spacial score (nSPS) is 14.8. The second-order valence-corrected chi connectivity index (χ2v) is 5.73. The van der Waals surface area contributed by atoms with Crippen molar-refractivity contribution in [3.05, 3.63) is 65.3 Å². The van der Waals surface area contributed by atoms with Gasteiger partial charge in [-0.2, -0.15) is 0 Å². The summed E-state index contributed by atoms with van der Waals surface area (Å²) in [6, 6.07) is 11.7. The lowest BCUT2D eigenvalue weighted by Crippen LogP contribution is -2.34. The maximum absolute atomic E-state index is 13.2. The average molecular weight is 326 g/mol. The van der Waals surface area contributed by atoms with E-state index in [0.717, 1.165) is 37.2 Å². The Labute approximate surface area is 141 Å². The highest BCUT2D eigenvalue weighted by Crippen LogP contribution is 2.29. The van der Waals surface area contributed by atoms with Crippen LogP contribution in [0.3, 0.4) is 0 Å². The molecule has 1 saturated heterocycles. The van der Waals surface area contributed by atoms with Crippen molar-refractivity contribution in [2.75, 3.05) is 13.1 Å². The van der Waals surface area contributed by atoms with Gasteiger partial charge in [-0.3, -0.25) is 0 Å².